The Bertz CT molecular complexity index is 1010. The van der Waals surface area contributed by atoms with Crippen molar-refractivity contribution in [2.75, 3.05) is 19.5 Å². The summed E-state index contributed by atoms with van der Waals surface area (Å²) in [5, 5.41) is 2.98. The van der Waals surface area contributed by atoms with Crippen LogP contribution >= 0.6 is 0 Å². The second-order valence-corrected chi connectivity index (χ2v) is 7.28. The number of pyridine rings is 1. The zero-order valence-corrected chi connectivity index (χ0v) is 16.6. The van der Waals surface area contributed by atoms with Crippen LogP contribution in [0.1, 0.15) is 29.5 Å². The van der Waals surface area contributed by atoms with E-state index in [1.54, 1.807) is 20.4 Å². The fourth-order valence-electron chi connectivity index (χ4n) is 3.69. The number of anilines is 1. The van der Waals surface area contributed by atoms with Gasteiger partial charge in [-0.1, -0.05) is 42.5 Å². The van der Waals surface area contributed by atoms with E-state index < -0.39 is 5.41 Å². The lowest BCUT2D eigenvalue weighted by Gasteiger charge is -2.18. The summed E-state index contributed by atoms with van der Waals surface area (Å²) in [6, 6.07) is 19.5. The fraction of sp³-hybridized carbons (Fsp3) is 0.250. The predicted octanol–water partition coefficient (Wildman–Crippen LogP) is 4.36. The van der Waals surface area contributed by atoms with Gasteiger partial charge in [-0.3, -0.25) is 4.79 Å². The van der Waals surface area contributed by atoms with Gasteiger partial charge in [0, 0.05) is 18.2 Å². The smallest absolute Gasteiger partial charge is 0.236 e. The van der Waals surface area contributed by atoms with Crippen LogP contribution < -0.4 is 14.8 Å². The Hall–Kier alpha value is -3.34. The lowest BCUT2D eigenvalue weighted by Crippen LogP contribution is -2.28. The topological polar surface area (TPSA) is 60.5 Å². The molecule has 0 atom stereocenters. The molecule has 0 radical (unpaired) electrons. The zero-order chi connectivity index (χ0) is 20.3. The molecule has 2 aromatic carbocycles. The van der Waals surface area contributed by atoms with Gasteiger partial charge in [0.1, 0.15) is 17.3 Å². The largest absolute Gasteiger partial charge is 0.496 e. The van der Waals surface area contributed by atoms with E-state index in [-0.39, 0.29) is 5.91 Å². The molecule has 148 valence electrons. The van der Waals surface area contributed by atoms with Crippen molar-refractivity contribution in [2.45, 2.75) is 24.7 Å². The van der Waals surface area contributed by atoms with Crippen LogP contribution in [0.5, 0.6) is 11.5 Å². The SMILES string of the molecule is COc1ccccc1Cc1ccc(NC(=O)C2(c3ccccc3OC)CC2)nc1. The summed E-state index contributed by atoms with van der Waals surface area (Å²) in [7, 11) is 3.31. The van der Waals surface area contributed by atoms with E-state index in [0.717, 1.165) is 47.5 Å². The van der Waals surface area contributed by atoms with Crippen molar-refractivity contribution in [3.63, 3.8) is 0 Å². The third-order valence-electron chi connectivity index (χ3n) is 5.46. The number of nitrogens with zero attached hydrogens (tertiary/aromatic N) is 1. The molecule has 5 nitrogen and oxygen atoms in total. The summed E-state index contributed by atoms with van der Waals surface area (Å²) in [6.45, 7) is 0. The van der Waals surface area contributed by atoms with Gasteiger partial charge < -0.3 is 14.8 Å². The molecule has 0 saturated heterocycles. The normalized spacial score (nSPS) is 14.1. The number of carbonyl (C=O) groups excluding carboxylic acids is 1. The van der Waals surface area contributed by atoms with E-state index in [4.69, 9.17) is 9.47 Å². The van der Waals surface area contributed by atoms with Crippen molar-refractivity contribution in [1.82, 2.24) is 4.98 Å². The van der Waals surface area contributed by atoms with E-state index in [1.807, 2.05) is 60.7 Å². The van der Waals surface area contributed by atoms with Crippen LogP contribution in [0.4, 0.5) is 5.82 Å². The number of para-hydroxylation sites is 2. The van der Waals surface area contributed by atoms with Gasteiger partial charge in [0.05, 0.1) is 19.6 Å². The van der Waals surface area contributed by atoms with Gasteiger partial charge in [-0.25, -0.2) is 4.98 Å². The summed E-state index contributed by atoms with van der Waals surface area (Å²) >= 11 is 0. The molecule has 4 rings (SSSR count). The van der Waals surface area contributed by atoms with Gasteiger partial charge in [0.15, 0.2) is 0 Å². The standard InChI is InChI=1S/C24H24N2O3/c1-28-20-9-5-3-7-18(20)15-17-11-12-22(25-16-17)26-23(27)24(13-14-24)19-8-4-6-10-21(19)29-2/h3-12,16H,13-15H2,1-2H3,(H,25,26,27). The summed E-state index contributed by atoms with van der Waals surface area (Å²) in [4.78, 5) is 17.4. The van der Waals surface area contributed by atoms with Crippen LogP contribution in [-0.2, 0) is 16.6 Å². The first-order chi connectivity index (χ1) is 14.2. The number of rotatable bonds is 7. The van der Waals surface area contributed by atoms with Gasteiger partial charge in [0.2, 0.25) is 5.91 Å². The number of hydrogen-bond donors (Lipinski definition) is 1. The second kappa shape index (κ2) is 7.95. The molecule has 1 aliphatic rings. The van der Waals surface area contributed by atoms with Crippen molar-refractivity contribution in [3.8, 4) is 11.5 Å². The molecule has 1 aliphatic carbocycles. The Morgan fingerprint density at radius 1 is 0.966 bits per heavy atom. The number of nitrogens with one attached hydrogen (secondary N) is 1. The van der Waals surface area contributed by atoms with E-state index in [0.29, 0.717) is 5.82 Å². The molecule has 29 heavy (non-hydrogen) atoms. The molecule has 0 spiro atoms. The molecule has 1 aromatic heterocycles. The van der Waals surface area contributed by atoms with Gasteiger partial charge in [-0.15, -0.1) is 0 Å². The number of amides is 1. The molecule has 1 heterocycles. The Labute approximate surface area is 170 Å². The number of methoxy groups -OCH3 is 2. The average Bonchev–Trinajstić information content (AvgIpc) is 3.57. The van der Waals surface area contributed by atoms with Crippen LogP contribution in [0, 0.1) is 0 Å². The fourth-order valence-corrected chi connectivity index (χ4v) is 3.69. The van der Waals surface area contributed by atoms with Crippen LogP contribution in [0.15, 0.2) is 66.9 Å². The molecule has 1 saturated carbocycles. The Morgan fingerprint density at radius 2 is 1.66 bits per heavy atom. The molecule has 1 N–H and O–H groups in total. The first-order valence-corrected chi connectivity index (χ1v) is 9.68. The first-order valence-electron chi connectivity index (χ1n) is 9.68. The minimum absolute atomic E-state index is 0.0352. The minimum Gasteiger partial charge on any atom is -0.496 e. The maximum absolute atomic E-state index is 13.0. The van der Waals surface area contributed by atoms with Crippen molar-refractivity contribution in [3.05, 3.63) is 83.6 Å². The van der Waals surface area contributed by atoms with Gasteiger partial charge in [-0.05, 0) is 42.2 Å². The Morgan fingerprint density at radius 3 is 2.31 bits per heavy atom. The highest BCUT2D eigenvalue weighted by molar-refractivity contribution is 6.01. The molecule has 1 fully saturated rings. The van der Waals surface area contributed by atoms with E-state index >= 15 is 0 Å². The highest BCUT2D eigenvalue weighted by Gasteiger charge is 2.52. The molecule has 3 aromatic rings. The van der Waals surface area contributed by atoms with Gasteiger partial charge in [-0.2, -0.15) is 0 Å². The number of benzene rings is 2. The number of aromatic nitrogens is 1. The molecule has 0 aliphatic heterocycles. The van der Waals surface area contributed by atoms with Crippen LogP contribution in [0.3, 0.4) is 0 Å². The Balaban J connectivity index is 1.47. The molecular weight excluding hydrogens is 364 g/mol. The molecule has 1 amide bonds. The van der Waals surface area contributed by atoms with Gasteiger partial charge >= 0.3 is 0 Å². The summed E-state index contributed by atoms with van der Waals surface area (Å²) in [6.07, 6.45) is 4.14. The lowest BCUT2D eigenvalue weighted by atomic mass is 9.94. The summed E-state index contributed by atoms with van der Waals surface area (Å²) in [5.41, 5.74) is 2.57. The van der Waals surface area contributed by atoms with Crippen molar-refractivity contribution in [2.24, 2.45) is 0 Å². The quantitative estimate of drug-likeness (QED) is 0.653. The maximum atomic E-state index is 13.0. The third-order valence-corrected chi connectivity index (χ3v) is 5.46. The first kappa shape index (κ1) is 19.0. The Kier molecular flexibility index (Phi) is 5.21. The lowest BCUT2D eigenvalue weighted by molar-refractivity contribution is -0.118. The third kappa shape index (κ3) is 3.81. The molecule has 0 unspecified atom stereocenters. The van der Waals surface area contributed by atoms with Gasteiger partial charge in [0.25, 0.3) is 0 Å². The van der Waals surface area contributed by atoms with Crippen LogP contribution in [0.2, 0.25) is 0 Å². The number of ether oxygens (including phenoxy) is 2. The van der Waals surface area contributed by atoms with E-state index in [9.17, 15) is 4.79 Å². The van der Waals surface area contributed by atoms with Crippen molar-refractivity contribution >= 4 is 11.7 Å². The summed E-state index contributed by atoms with van der Waals surface area (Å²) in [5.74, 6) is 2.13. The number of carbonyl (C=O) groups is 1. The van der Waals surface area contributed by atoms with E-state index in [2.05, 4.69) is 10.3 Å². The van der Waals surface area contributed by atoms with E-state index in [1.165, 1.54) is 0 Å². The highest BCUT2D eigenvalue weighted by atomic mass is 16.5. The number of hydrogen-bond acceptors (Lipinski definition) is 4. The summed E-state index contributed by atoms with van der Waals surface area (Å²) < 4.78 is 10.9. The second-order valence-electron chi connectivity index (χ2n) is 7.28. The average molecular weight is 388 g/mol. The minimum atomic E-state index is -0.523. The maximum Gasteiger partial charge on any atom is 0.236 e. The van der Waals surface area contributed by atoms with Crippen LogP contribution in [0.25, 0.3) is 0 Å². The van der Waals surface area contributed by atoms with Crippen molar-refractivity contribution < 1.29 is 14.3 Å². The molecular formula is C24H24N2O3. The molecule has 5 heteroatoms. The van der Waals surface area contributed by atoms with Crippen LogP contribution in [-0.4, -0.2) is 25.1 Å². The highest BCUT2D eigenvalue weighted by Crippen LogP contribution is 2.51. The predicted molar refractivity (Wildman–Crippen MR) is 113 cm³/mol. The molecule has 0 bridgehead atoms. The zero-order valence-electron chi connectivity index (χ0n) is 16.6. The monoisotopic (exact) mass is 388 g/mol. The van der Waals surface area contributed by atoms with Crippen molar-refractivity contribution in [1.29, 1.82) is 0 Å².